The number of hydrogen-bond donors (Lipinski definition) is 1. The van der Waals surface area contributed by atoms with Crippen LogP contribution in [0, 0.1) is 0 Å². The van der Waals surface area contributed by atoms with E-state index in [9.17, 15) is 0 Å². The molecule has 1 aliphatic heterocycles. The zero-order valence-electron chi connectivity index (χ0n) is 10.0. The highest BCUT2D eigenvalue weighted by Crippen LogP contribution is 2.32. The summed E-state index contributed by atoms with van der Waals surface area (Å²) in [6, 6.07) is 8.25. The molecule has 1 aromatic carbocycles. The predicted molar refractivity (Wildman–Crippen MR) is 78.4 cm³/mol. The quantitative estimate of drug-likeness (QED) is 0.912. The van der Waals surface area contributed by atoms with Crippen molar-refractivity contribution in [1.82, 2.24) is 0 Å². The second-order valence-electron chi connectivity index (χ2n) is 4.48. The summed E-state index contributed by atoms with van der Waals surface area (Å²) in [6.07, 6.45) is 1.11. The Hall–Kier alpha value is -1.03. The minimum atomic E-state index is 0.488. The van der Waals surface area contributed by atoms with Crippen LogP contribution in [0.4, 0.5) is 5.69 Å². The van der Waals surface area contributed by atoms with Crippen LogP contribution in [0.5, 0.6) is 0 Å². The Kier molecular flexibility index (Phi) is 3.29. The Balaban J connectivity index is 1.95. The lowest BCUT2D eigenvalue weighted by Gasteiger charge is -2.31. The van der Waals surface area contributed by atoms with Gasteiger partial charge in [-0.1, -0.05) is 17.7 Å². The second kappa shape index (κ2) is 4.92. The topological polar surface area (TPSA) is 29.3 Å². The summed E-state index contributed by atoms with van der Waals surface area (Å²) >= 11 is 8.08. The van der Waals surface area contributed by atoms with Crippen LogP contribution in [0.1, 0.15) is 16.0 Å². The van der Waals surface area contributed by atoms with Crippen LogP contribution >= 0.6 is 22.9 Å². The van der Waals surface area contributed by atoms with E-state index in [4.69, 9.17) is 17.3 Å². The predicted octanol–water partition coefficient (Wildman–Crippen LogP) is 3.42. The van der Waals surface area contributed by atoms with Crippen molar-refractivity contribution in [1.29, 1.82) is 0 Å². The summed E-state index contributed by atoms with van der Waals surface area (Å²) < 4.78 is 0. The molecule has 2 nitrogen and oxygen atoms in total. The van der Waals surface area contributed by atoms with Crippen LogP contribution in [0.25, 0.3) is 0 Å². The maximum absolute atomic E-state index is 6.22. The maximum atomic E-state index is 6.22. The smallest absolute Gasteiger partial charge is 0.0471 e. The van der Waals surface area contributed by atoms with Crippen molar-refractivity contribution in [2.75, 3.05) is 11.4 Å². The van der Waals surface area contributed by atoms with Crippen molar-refractivity contribution < 1.29 is 0 Å². The first-order chi connectivity index (χ1) is 8.79. The molecule has 0 unspecified atom stereocenters. The Labute approximate surface area is 116 Å². The summed E-state index contributed by atoms with van der Waals surface area (Å²) in [5.41, 5.74) is 9.50. The Bertz CT molecular complexity index is 565. The van der Waals surface area contributed by atoms with E-state index in [1.54, 1.807) is 0 Å². The Morgan fingerprint density at radius 2 is 2.22 bits per heavy atom. The molecule has 1 aliphatic rings. The molecule has 3 rings (SSSR count). The summed E-state index contributed by atoms with van der Waals surface area (Å²) in [5.74, 6) is 0. The van der Waals surface area contributed by atoms with Crippen LogP contribution in [0.15, 0.2) is 29.6 Å². The molecule has 0 fully saturated rings. The number of anilines is 1. The molecule has 0 bridgehead atoms. The molecule has 1 aromatic heterocycles. The SMILES string of the molecule is NCc1c(Cl)cccc1N1CCc2sccc2C1. The van der Waals surface area contributed by atoms with Gasteiger partial charge in [0.2, 0.25) is 0 Å². The number of nitrogens with zero attached hydrogens (tertiary/aromatic N) is 1. The molecular weight excluding hydrogens is 264 g/mol. The number of benzene rings is 1. The van der Waals surface area contributed by atoms with E-state index in [0.717, 1.165) is 30.1 Å². The van der Waals surface area contributed by atoms with E-state index in [0.29, 0.717) is 6.54 Å². The minimum Gasteiger partial charge on any atom is -0.366 e. The standard InChI is InChI=1S/C14H15ClN2S/c15-12-2-1-3-13(11(12)8-16)17-6-4-14-10(9-17)5-7-18-14/h1-3,5,7H,4,6,8-9,16H2. The van der Waals surface area contributed by atoms with Crippen molar-refractivity contribution in [3.05, 3.63) is 50.7 Å². The van der Waals surface area contributed by atoms with E-state index in [1.165, 1.54) is 16.1 Å². The van der Waals surface area contributed by atoms with Gasteiger partial charge in [-0.15, -0.1) is 11.3 Å². The highest BCUT2D eigenvalue weighted by atomic mass is 35.5. The first-order valence-corrected chi connectivity index (χ1v) is 7.33. The highest BCUT2D eigenvalue weighted by molar-refractivity contribution is 7.10. The fourth-order valence-corrected chi connectivity index (χ4v) is 3.64. The number of hydrogen-bond acceptors (Lipinski definition) is 3. The average molecular weight is 279 g/mol. The molecule has 0 atom stereocenters. The van der Waals surface area contributed by atoms with Gasteiger partial charge in [0.05, 0.1) is 0 Å². The van der Waals surface area contributed by atoms with Gasteiger partial charge in [-0.25, -0.2) is 0 Å². The van der Waals surface area contributed by atoms with Gasteiger partial charge < -0.3 is 10.6 Å². The average Bonchev–Trinajstić information content (AvgIpc) is 2.85. The zero-order chi connectivity index (χ0) is 12.5. The molecule has 0 saturated heterocycles. The number of nitrogens with two attached hydrogens (primary N) is 1. The van der Waals surface area contributed by atoms with Crippen molar-refractivity contribution >= 4 is 28.6 Å². The Morgan fingerprint density at radius 1 is 1.33 bits per heavy atom. The van der Waals surface area contributed by atoms with Crippen LogP contribution in [-0.2, 0) is 19.5 Å². The third-order valence-electron chi connectivity index (χ3n) is 3.45. The molecule has 18 heavy (non-hydrogen) atoms. The monoisotopic (exact) mass is 278 g/mol. The van der Waals surface area contributed by atoms with Gasteiger partial charge in [-0.2, -0.15) is 0 Å². The van der Waals surface area contributed by atoms with E-state index in [2.05, 4.69) is 22.4 Å². The lowest BCUT2D eigenvalue weighted by Crippen LogP contribution is -2.30. The molecule has 0 saturated carbocycles. The van der Waals surface area contributed by atoms with Crippen molar-refractivity contribution in [3.63, 3.8) is 0 Å². The Morgan fingerprint density at radius 3 is 3.06 bits per heavy atom. The largest absolute Gasteiger partial charge is 0.366 e. The molecule has 0 spiro atoms. The molecule has 0 aliphatic carbocycles. The second-order valence-corrected chi connectivity index (χ2v) is 5.89. The fourth-order valence-electron chi connectivity index (χ4n) is 2.50. The van der Waals surface area contributed by atoms with Gasteiger partial charge in [0.15, 0.2) is 0 Å². The highest BCUT2D eigenvalue weighted by Gasteiger charge is 2.19. The van der Waals surface area contributed by atoms with Gasteiger partial charge in [0.25, 0.3) is 0 Å². The summed E-state index contributed by atoms with van der Waals surface area (Å²) in [5, 5.41) is 2.95. The molecule has 94 valence electrons. The van der Waals surface area contributed by atoms with Crippen LogP contribution in [-0.4, -0.2) is 6.54 Å². The third kappa shape index (κ3) is 2.03. The zero-order valence-corrected chi connectivity index (χ0v) is 11.6. The van der Waals surface area contributed by atoms with Crippen molar-refractivity contribution in [2.45, 2.75) is 19.5 Å². The van der Waals surface area contributed by atoms with Crippen LogP contribution < -0.4 is 10.6 Å². The van der Waals surface area contributed by atoms with E-state index < -0.39 is 0 Å². The van der Waals surface area contributed by atoms with Crippen molar-refractivity contribution in [3.8, 4) is 0 Å². The minimum absolute atomic E-state index is 0.488. The molecule has 0 amide bonds. The molecule has 4 heteroatoms. The number of rotatable bonds is 2. The molecular formula is C14H15ClN2S. The third-order valence-corrected chi connectivity index (χ3v) is 4.82. The summed E-state index contributed by atoms with van der Waals surface area (Å²) in [4.78, 5) is 3.89. The molecule has 2 aromatic rings. The van der Waals surface area contributed by atoms with E-state index >= 15 is 0 Å². The number of halogens is 1. The van der Waals surface area contributed by atoms with Crippen molar-refractivity contribution in [2.24, 2.45) is 5.73 Å². The van der Waals surface area contributed by atoms with Crippen LogP contribution in [0.3, 0.4) is 0 Å². The van der Waals surface area contributed by atoms with Gasteiger partial charge in [0.1, 0.15) is 0 Å². The number of thiophene rings is 1. The van der Waals surface area contributed by atoms with Gasteiger partial charge in [-0.3, -0.25) is 0 Å². The van der Waals surface area contributed by atoms with E-state index in [-0.39, 0.29) is 0 Å². The van der Waals surface area contributed by atoms with E-state index in [1.807, 2.05) is 23.5 Å². The maximum Gasteiger partial charge on any atom is 0.0471 e. The molecule has 0 radical (unpaired) electrons. The molecule has 2 heterocycles. The van der Waals surface area contributed by atoms with Gasteiger partial charge in [-0.05, 0) is 35.6 Å². The lowest BCUT2D eigenvalue weighted by atomic mass is 10.1. The van der Waals surface area contributed by atoms with Crippen LogP contribution in [0.2, 0.25) is 5.02 Å². The first-order valence-electron chi connectivity index (χ1n) is 6.07. The summed E-state index contributed by atoms with van der Waals surface area (Å²) in [6.45, 7) is 2.50. The summed E-state index contributed by atoms with van der Waals surface area (Å²) in [7, 11) is 0. The number of fused-ring (bicyclic) bond motifs is 1. The normalized spacial score (nSPS) is 14.7. The van der Waals surface area contributed by atoms with Gasteiger partial charge in [0, 0.05) is 40.8 Å². The fraction of sp³-hybridized carbons (Fsp3) is 0.286. The first kappa shape index (κ1) is 12.0. The molecule has 2 N–H and O–H groups in total. The van der Waals surface area contributed by atoms with Gasteiger partial charge >= 0.3 is 0 Å². The lowest BCUT2D eigenvalue weighted by molar-refractivity contribution is 0.738.